The first-order valence-electron chi connectivity index (χ1n) is 11.3. The molecule has 4 heteroatoms. The van der Waals surface area contributed by atoms with Crippen molar-refractivity contribution in [2.45, 2.75) is 124 Å². The Kier molecular flexibility index (Phi) is 15.3. The summed E-state index contributed by atoms with van der Waals surface area (Å²) in [6.45, 7) is 6.53. The van der Waals surface area contributed by atoms with Crippen molar-refractivity contribution in [2.24, 2.45) is 11.3 Å². The summed E-state index contributed by atoms with van der Waals surface area (Å²) in [4.78, 5) is 22.6. The van der Waals surface area contributed by atoms with Crippen LogP contribution in [0.15, 0.2) is 0 Å². The third-order valence-corrected chi connectivity index (χ3v) is 5.71. The highest BCUT2D eigenvalue weighted by Crippen LogP contribution is 2.38. The maximum absolute atomic E-state index is 12.1. The average Bonchev–Trinajstić information content (AvgIpc) is 2.60. The Morgan fingerprint density at radius 2 is 1.22 bits per heavy atom. The molecular weight excluding hydrogens is 340 g/mol. The maximum atomic E-state index is 12.1. The third kappa shape index (κ3) is 13.7. The minimum atomic E-state index is -0.708. The van der Waals surface area contributed by atoms with Gasteiger partial charge in [-0.2, -0.15) is 0 Å². The third-order valence-electron chi connectivity index (χ3n) is 5.71. The molecule has 0 aromatic carbocycles. The fourth-order valence-electron chi connectivity index (χ4n) is 3.77. The van der Waals surface area contributed by atoms with Gasteiger partial charge < -0.3 is 10.2 Å². The van der Waals surface area contributed by atoms with Gasteiger partial charge >= 0.3 is 11.9 Å². The van der Waals surface area contributed by atoms with E-state index in [1.54, 1.807) is 0 Å². The molecule has 0 amide bonds. The quantitative estimate of drug-likeness (QED) is 0.234. The second kappa shape index (κ2) is 15.9. The highest BCUT2D eigenvalue weighted by Gasteiger charge is 2.36. The summed E-state index contributed by atoms with van der Waals surface area (Å²) in [7, 11) is 0. The van der Waals surface area contributed by atoms with Crippen LogP contribution < -0.4 is 0 Å². The Labute approximate surface area is 167 Å². The Bertz CT molecular complexity index is 392. The van der Waals surface area contributed by atoms with E-state index in [-0.39, 0.29) is 6.42 Å². The summed E-state index contributed by atoms with van der Waals surface area (Å²) in [5.74, 6) is -0.751. The fraction of sp³-hybridized carbons (Fsp3) is 0.913. The Balaban J connectivity index is 4.27. The van der Waals surface area contributed by atoms with Crippen molar-refractivity contribution >= 4 is 11.9 Å². The van der Waals surface area contributed by atoms with E-state index in [2.05, 4.69) is 20.8 Å². The van der Waals surface area contributed by atoms with Crippen LogP contribution in [0.1, 0.15) is 124 Å². The number of hydrogen-bond donors (Lipinski definition) is 2. The molecule has 1 atom stereocenters. The first-order chi connectivity index (χ1) is 12.8. The Morgan fingerprint density at radius 1 is 0.741 bits per heavy atom. The van der Waals surface area contributed by atoms with Gasteiger partial charge in [0.1, 0.15) is 0 Å². The summed E-state index contributed by atoms with van der Waals surface area (Å²) in [5, 5.41) is 18.6. The van der Waals surface area contributed by atoms with E-state index >= 15 is 0 Å². The number of carboxylic acid groups (broad SMARTS) is 2. The van der Waals surface area contributed by atoms with Crippen molar-refractivity contribution in [3.63, 3.8) is 0 Å². The van der Waals surface area contributed by atoms with Crippen LogP contribution in [0.3, 0.4) is 0 Å². The van der Waals surface area contributed by atoms with E-state index in [0.717, 1.165) is 83.5 Å². The first-order valence-corrected chi connectivity index (χ1v) is 11.3. The second-order valence-corrected chi connectivity index (χ2v) is 8.70. The van der Waals surface area contributed by atoms with Crippen molar-refractivity contribution in [3.8, 4) is 0 Å². The summed E-state index contributed by atoms with van der Waals surface area (Å²) in [6, 6.07) is 0. The van der Waals surface area contributed by atoms with E-state index in [1.807, 2.05) is 0 Å². The monoisotopic (exact) mass is 384 g/mol. The lowest BCUT2D eigenvalue weighted by Crippen LogP contribution is -2.31. The topological polar surface area (TPSA) is 74.6 Å². The standard InChI is InChI=1S/C23H44O4/c1-4-5-6-13-17-23(22(26)27,19-16-20(2)3)18-14-11-9-7-8-10-12-15-21(24)25/h20H,4-19H2,1-3H3,(H,24,25)(H,26,27). The van der Waals surface area contributed by atoms with Crippen LogP contribution in [0.4, 0.5) is 0 Å². The molecule has 4 nitrogen and oxygen atoms in total. The lowest BCUT2D eigenvalue weighted by atomic mass is 9.73. The van der Waals surface area contributed by atoms with Crippen LogP contribution in [-0.2, 0) is 9.59 Å². The fourth-order valence-corrected chi connectivity index (χ4v) is 3.77. The molecule has 0 saturated heterocycles. The molecule has 0 heterocycles. The zero-order chi connectivity index (χ0) is 20.5. The second-order valence-electron chi connectivity index (χ2n) is 8.70. The van der Waals surface area contributed by atoms with E-state index in [1.165, 1.54) is 12.8 Å². The van der Waals surface area contributed by atoms with Gasteiger partial charge in [0.05, 0.1) is 5.41 Å². The molecule has 0 spiro atoms. The lowest BCUT2D eigenvalue weighted by Gasteiger charge is -2.30. The maximum Gasteiger partial charge on any atom is 0.309 e. The number of aliphatic carboxylic acids is 2. The van der Waals surface area contributed by atoms with Crippen molar-refractivity contribution in [2.75, 3.05) is 0 Å². The molecule has 0 radical (unpaired) electrons. The molecule has 0 aliphatic carbocycles. The molecule has 0 aromatic heterocycles. The minimum absolute atomic E-state index is 0.273. The number of unbranched alkanes of at least 4 members (excludes halogenated alkanes) is 9. The molecule has 0 bridgehead atoms. The van der Waals surface area contributed by atoms with Crippen LogP contribution in [0, 0.1) is 11.3 Å². The van der Waals surface area contributed by atoms with E-state index in [4.69, 9.17) is 5.11 Å². The number of hydrogen-bond acceptors (Lipinski definition) is 2. The smallest absolute Gasteiger partial charge is 0.309 e. The zero-order valence-electron chi connectivity index (χ0n) is 18.1. The SMILES string of the molecule is CCCCCCC(CCCCCCCCCC(=O)O)(CCC(C)C)C(=O)O. The molecular formula is C23H44O4. The van der Waals surface area contributed by atoms with Crippen LogP contribution in [0.2, 0.25) is 0 Å². The number of carbonyl (C=O) groups is 2. The van der Waals surface area contributed by atoms with Gasteiger partial charge in [-0.1, -0.05) is 85.0 Å². The van der Waals surface area contributed by atoms with E-state index in [0.29, 0.717) is 5.92 Å². The van der Waals surface area contributed by atoms with Crippen LogP contribution in [0.5, 0.6) is 0 Å². The molecule has 160 valence electrons. The highest BCUT2D eigenvalue weighted by molar-refractivity contribution is 5.74. The van der Waals surface area contributed by atoms with Crippen molar-refractivity contribution in [3.05, 3.63) is 0 Å². The van der Waals surface area contributed by atoms with Crippen LogP contribution >= 0.6 is 0 Å². The van der Waals surface area contributed by atoms with Gasteiger partial charge in [-0.15, -0.1) is 0 Å². The van der Waals surface area contributed by atoms with E-state index < -0.39 is 17.4 Å². The van der Waals surface area contributed by atoms with Gasteiger partial charge in [0.2, 0.25) is 0 Å². The van der Waals surface area contributed by atoms with Gasteiger partial charge in [0, 0.05) is 6.42 Å². The number of carboxylic acids is 2. The van der Waals surface area contributed by atoms with Gasteiger partial charge in [-0.3, -0.25) is 9.59 Å². The lowest BCUT2D eigenvalue weighted by molar-refractivity contribution is -0.151. The van der Waals surface area contributed by atoms with Crippen LogP contribution in [0.25, 0.3) is 0 Å². The predicted molar refractivity (Wildman–Crippen MR) is 112 cm³/mol. The molecule has 0 saturated carbocycles. The minimum Gasteiger partial charge on any atom is -0.481 e. The summed E-state index contributed by atoms with van der Waals surface area (Å²) < 4.78 is 0. The van der Waals surface area contributed by atoms with E-state index in [9.17, 15) is 14.7 Å². The highest BCUT2D eigenvalue weighted by atomic mass is 16.4. The van der Waals surface area contributed by atoms with Gasteiger partial charge in [0.25, 0.3) is 0 Å². The molecule has 0 aliphatic heterocycles. The van der Waals surface area contributed by atoms with Crippen LogP contribution in [-0.4, -0.2) is 22.2 Å². The Morgan fingerprint density at radius 3 is 1.67 bits per heavy atom. The van der Waals surface area contributed by atoms with Crippen molar-refractivity contribution < 1.29 is 19.8 Å². The molecule has 0 fully saturated rings. The first kappa shape index (κ1) is 25.9. The summed E-state index contributed by atoms with van der Waals surface area (Å²) >= 11 is 0. The van der Waals surface area contributed by atoms with Gasteiger partial charge in [-0.05, 0) is 38.0 Å². The molecule has 0 rings (SSSR count). The average molecular weight is 385 g/mol. The Hall–Kier alpha value is -1.06. The van der Waals surface area contributed by atoms with Crippen molar-refractivity contribution in [1.82, 2.24) is 0 Å². The molecule has 0 aliphatic rings. The molecule has 1 unspecified atom stereocenters. The van der Waals surface area contributed by atoms with Gasteiger partial charge in [-0.25, -0.2) is 0 Å². The van der Waals surface area contributed by atoms with Gasteiger partial charge in [0.15, 0.2) is 0 Å². The molecule has 2 N–H and O–H groups in total. The molecule has 0 aromatic rings. The van der Waals surface area contributed by atoms with Crippen molar-refractivity contribution in [1.29, 1.82) is 0 Å². The summed E-state index contributed by atoms with van der Waals surface area (Å²) in [6.07, 6.45) is 15.4. The zero-order valence-corrected chi connectivity index (χ0v) is 18.1. The largest absolute Gasteiger partial charge is 0.481 e. The normalized spacial score (nSPS) is 13.6. The molecule has 27 heavy (non-hydrogen) atoms. The summed E-state index contributed by atoms with van der Waals surface area (Å²) in [5.41, 5.74) is -0.528. The predicted octanol–water partition coefficient (Wildman–Crippen LogP) is 7.06. The number of rotatable bonds is 19.